The summed E-state index contributed by atoms with van der Waals surface area (Å²) in [6.07, 6.45) is 0. The lowest BCUT2D eigenvalue weighted by atomic mass is 10.2. The van der Waals surface area contributed by atoms with Gasteiger partial charge in [-0.3, -0.25) is 9.59 Å². The minimum absolute atomic E-state index is 0.00974. The monoisotopic (exact) mass is 301 g/mol. The third-order valence-corrected chi connectivity index (χ3v) is 2.80. The van der Waals surface area contributed by atoms with Crippen molar-refractivity contribution in [3.8, 4) is 0 Å². The maximum atomic E-state index is 13.5. The Bertz CT molecular complexity index is 474. The second-order valence-corrected chi connectivity index (χ2v) is 4.84. The van der Waals surface area contributed by atoms with Crippen LogP contribution in [0.15, 0.2) is 18.2 Å². The minimum atomic E-state index is -0.719. The van der Waals surface area contributed by atoms with Gasteiger partial charge in [0.15, 0.2) is 0 Å². The summed E-state index contributed by atoms with van der Waals surface area (Å²) in [6, 6.07) is 3.96. The molecule has 0 aliphatic heterocycles. The van der Waals surface area contributed by atoms with E-state index in [9.17, 15) is 14.0 Å². The van der Waals surface area contributed by atoms with Crippen LogP contribution in [0, 0.1) is 5.82 Å². The standard InChI is InChI=1S/C13H17ClFN3O2/c1-18(2)7-6-16-11(19)8-17-13(20)12-9(14)4-3-5-10(12)15/h3-5H,6-8H2,1-2H3,(H,16,19)(H,17,20). The molecule has 0 aromatic heterocycles. The Morgan fingerprint density at radius 2 is 2.00 bits per heavy atom. The molecule has 0 atom stereocenters. The summed E-state index contributed by atoms with van der Waals surface area (Å²) in [5.74, 6) is -1.77. The first-order chi connectivity index (χ1) is 9.41. The van der Waals surface area contributed by atoms with Crippen LogP contribution in [0.2, 0.25) is 5.02 Å². The van der Waals surface area contributed by atoms with E-state index < -0.39 is 11.7 Å². The van der Waals surface area contributed by atoms with Crippen LogP contribution < -0.4 is 10.6 Å². The number of halogens is 2. The first-order valence-corrected chi connectivity index (χ1v) is 6.43. The van der Waals surface area contributed by atoms with Gasteiger partial charge in [0, 0.05) is 13.1 Å². The molecule has 0 saturated carbocycles. The first kappa shape index (κ1) is 16.4. The summed E-state index contributed by atoms with van der Waals surface area (Å²) in [7, 11) is 3.77. The van der Waals surface area contributed by atoms with Crippen LogP contribution in [0.4, 0.5) is 4.39 Å². The average molecular weight is 302 g/mol. The van der Waals surface area contributed by atoms with Gasteiger partial charge >= 0.3 is 0 Å². The van der Waals surface area contributed by atoms with Crippen molar-refractivity contribution < 1.29 is 14.0 Å². The molecule has 7 heteroatoms. The molecule has 0 spiro atoms. The molecule has 1 aromatic carbocycles. The lowest BCUT2D eigenvalue weighted by Crippen LogP contribution is -2.39. The van der Waals surface area contributed by atoms with Crippen molar-refractivity contribution in [2.45, 2.75) is 0 Å². The van der Waals surface area contributed by atoms with E-state index in [0.29, 0.717) is 13.1 Å². The van der Waals surface area contributed by atoms with Crippen LogP contribution in [0.25, 0.3) is 0 Å². The van der Waals surface area contributed by atoms with Crippen molar-refractivity contribution in [2.24, 2.45) is 0 Å². The molecule has 5 nitrogen and oxygen atoms in total. The highest BCUT2D eigenvalue weighted by molar-refractivity contribution is 6.33. The lowest BCUT2D eigenvalue weighted by molar-refractivity contribution is -0.120. The van der Waals surface area contributed by atoms with Crippen molar-refractivity contribution in [3.05, 3.63) is 34.6 Å². The number of amides is 2. The number of likely N-dealkylation sites (N-methyl/N-ethyl adjacent to an activating group) is 1. The van der Waals surface area contributed by atoms with Crippen molar-refractivity contribution in [1.82, 2.24) is 15.5 Å². The Morgan fingerprint density at radius 3 is 2.60 bits per heavy atom. The zero-order chi connectivity index (χ0) is 15.1. The van der Waals surface area contributed by atoms with Gasteiger partial charge < -0.3 is 15.5 Å². The molecule has 1 aromatic rings. The molecule has 0 radical (unpaired) electrons. The van der Waals surface area contributed by atoms with E-state index in [1.807, 2.05) is 19.0 Å². The topological polar surface area (TPSA) is 61.4 Å². The molecule has 0 bridgehead atoms. The van der Waals surface area contributed by atoms with Crippen LogP contribution in [0.5, 0.6) is 0 Å². The van der Waals surface area contributed by atoms with Gasteiger partial charge in [-0.2, -0.15) is 0 Å². The Labute approximate surface area is 122 Å². The van der Waals surface area contributed by atoms with Gasteiger partial charge in [-0.05, 0) is 26.2 Å². The fourth-order valence-electron chi connectivity index (χ4n) is 1.45. The van der Waals surface area contributed by atoms with E-state index in [4.69, 9.17) is 11.6 Å². The highest BCUT2D eigenvalue weighted by Gasteiger charge is 2.16. The van der Waals surface area contributed by atoms with Gasteiger partial charge in [-0.15, -0.1) is 0 Å². The normalized spacial score (nSPS) is 10.4. The van der Waals surface area contributed by atoms with Crippen molar-refractivity contribution in [2.75, 3.05) is 33.7 Å². The molecule has 0 saturated heterocycles. The molecule has 110 valence electrons. The summed E-state index contributed by atoms with van der Waals surface area (Å²) in [4.78, 5) is 25.1. The molecule has 2 N–H and O–H groups in total. The summed E-state index contributed by atoms with van der Waals surface area (Å²) in [5.41, 5.74) is -0.254. The van der Waals surface area contributed by atoms with E-state index in [1.165, 1.54) is 12.1 Å². The Hall–Kier alpha value is -1.66. The van der Waals surface area contributed by atoms with Crippen molar-refractivity contribution in [3.63, 3.8) is 0 Å². The van der Waals surface area contributed by atoms with E-state index in [-0.39, 0.29) is 23.0 Å². The fraction of sp³-hybridized carbons (Fsp3) is 0.385. The van der Waals surface area contributed by atoms with Gasteiger partial charge in [-0.1, -0.05) is 17.7 Å². The molecule has 0 fully saturated rings. The summed E-state index contributed by atoms with van der Waals surface area (Å²) in [5, 5.41) is 4.97. The molecule has 20 heavy (non-hydrogen) atoms. The second-order valence-electron chi connectivity index (χ2n) is 4.43. The van der Waals surface area contributed by atoms with Gasteiger partial charge in [-0.25, -0.2) is 4.39 Å². The molecule has 2 amide bonds. The van der Waals surface area contributed by atoms with E-state index >= 15 is 0 Å². The highest BCUT2D eigenvalue weighted by Crippen LogP contribution is 2.18. The number of benzene rings is 1. The smallest absolute Gasteiger partial charge is 0.256 e. The van der Waals surface area contributed by atoms with Gasteiger partial charge in [0.05, 0.1) is 17.1 Å². The van der Waals surface area contributed by atoms with Crippen molar-refractivity contribution >= 4 is 23.4 Å². The van der Waals surface area contributed by atoms with E-state index in [2.05, 4.69) is 10.6 Å². The van der Waals surface area contributed by atoms with Gasteiger partial charge in [0.2, 0.25) is 5.91 Å². The predicted octanol–water partition coefficient (Wildman–Crippen LogP) is 0.887. The fourth-order valence-corrected chi connectivity index (χ4v) is 1.69. The van der Waals surface area contributed by atoms with Crippen LogP contribution >= 0.6 is 11.6 Å². The third-order valence-electron chi connectivity index (χ3n) is 2.48. The summed E-state index contributed by atoms with van der Waals surface area (Å²) >= 11 is 5.75. The van der Waals surface area contributed by atoms with Crippen LogP contribution in [-0.2, 0) is 4.79 Å². The van der Waals surface area contributed by atoms with Gasteiger partial charge in [0.25, 0.3) is 5.91 Å². The Kier molecular flexibility index (Phi) is 6.41. The Balaban J connectivity index is 2.45. The van der Waals surface area contributed by atoms with Crippen LogP contribution in [0.3, 0.4) is 0 Å². The van der Waals surface area contributed by atoms with E-state index in [1.54, 1.807) is 0 Å². The number of carbonyl (C=O) groups is 2. The van der Waals surface area contributed by atoms with Crippen molar-refractivity contribution in [1.29, 1.82) is 0 Å². The maximum absolute atomic E-state index is 13.5. The highest BCUT2D eigenvalue weighted by atomic mass is 35.5. The lowest BCUT2D eigenvalue weighted by Gasteiger charge is -2.11. The molecule has 0 aliphatic carbocycles. The van der Waals surface area contributed by atoms with Crippen LogP contribution in [-0.4, -0.2) is 50.4 Å². The largest absolute Gasteiger partial charge is 0.353 e. The minimum Gasteiger partial charge on any atom is -0.353 e. The first-order valence-electron chi connectivity index (χ1n) is 6.05. The maximum Gasteiger partial charge on any atom is 0.256 e. The SMILES string of the molecule is CN(C)CCNC(=O)CNC(=O)c1c(F)cccc1Cl. The Morgan fingerprint density at radius 1 is 1.30 bits per heavy atom. The zero-order valence-corrected chi connectivity index (χ0v) is 12.1. The molecular weight excluding hydrogens is 285 g/mol. The average Bonchev–Trinajstić information content (AvgIpc) is 2.35. The summed E-state index contributed by atoms with van der Waals surface area (Å²) in [6.45, 7) is 0.942. The molecule has 0 unspecified atom stereocenters. The van der Waals surface area contributed by atoms with Crippen LogP contribution in [0.1, 0.15) is 10.4 Å². The second kappa shape index (κ2) is 7.81. The predicted molar refractivity (Wildman–Crippen MR) is 75.3 cm³/mol. The summed E-state index contributed by atoms with van der Waals surface area (Å²) < 4.78 is 13.5. The molecular formula is C13H17ClFN3O2. The van der Waals surface area contributed by atoms with Gasteiger partial charge in [0.1, 0.15) is 5.82 Å². The zero-order valence-electron chi connectivity index (χ0n) is 11.4. The number of nitrogens with zero attached hydrogens (tertiary/aromatic N) is 1. The third kappa shape index (κ3) is 5.14. The quantitative estimate of drug-likeness (QED) is 0.820. The van der Waals surface area contributed by atoms with E-state index in [0.717, 1.165) is 6.07 Å². The number of rotatable bonds is 6. The number of carbonyl (C=O) groups excluding carboxylic acids is 2. The number of hydrogen-bond acceptors (Lipinski definition) is 3. The molecule has 1 rings (SSSR count). The number of hydrogen-bond donors (Lipinski definition) is 2. The molecule has 0 aliphatic rings. The molecule has 0 heterocycles. The number of nitrogens with one attached hydrogen (secondary N) is 2.